The van der Waals surface area contributed by atoms with Crippen LogP contribution in [0.15, 0.2) is 48.8 Å². The van der Waals surface area contributed by atoms with Crippen molar-refractivity contribution in [2.45, 2.75) is 6.04 Å². The first-order valence-electron chi connectivity index (χ1n) is 4.69. The van der Waals surface area contributed by atoms with Crippen LogP contribution in [0.2, 0.25) is 0 Å². The fraction of sp³-hybridized carbons (Fsp3) is 0.0833. The number of benzene rings is 1. The summed E-state index contributed by atoms with van der Waals surface area (Å²) in [4.78, 5) is 3.69. The van der Waals surface area contributed by atoms with Gasteiger partial charge in [0.25, 0.3) is 0 Å². The smallest absolute Gasteiger partial charge is 0.146 e. The molecule has 76 valence electrons. The first kappa shape index (κ1) is 9.80. The van der Waals surface area contributed by atoms with Crippen molar-refractivity contribution >= 4 is 0 Å². The van der Waals surface area contributed by atoms with E-state index in [9.17, 15) is 4.39 Å². The van der Waals surface area contributed by atoms with Gasteiger partial charge in [-0.2, -0.15) is 0 Å². The van der Waals surface area contributed by atoms with Crippen LogP contribution in [0.3, 0.4) is 0 Å². The summed E-state index contributed by atoms with van der Waals surface area (Å²) in [5.74, 6) is -0.367. The molecule has 0 bridgehead atoms. The summed E-state index contributed by atoms with van der Waals surface area (Å²) in [5.41, 5.74) is 7.31. The van der Waals surface area contributed by atoms with Crippen molar-refractivity contribution in [2.24, 2.45) is 5.73 Å². The minimum Gasteiger partial charge on any atom is -0.320 e. The van der Waals surface area contributed by atoms with Crippen molar-refractivity contribution in [2.75, 3.05) is 0 Å². The summed E-state index contributed by atoms with van der Waals surface area (Å²) in [6.07, 6.45) is 2.72. The molecule has 0 saturated heterocycles. The number of hydrogen-bond acceptors (Lipinski definition) is 2. The topological polar surface area (TPSA) is 38.9 Å². The summed E-state index contributed by atoms with van der Waals surface area (Å²) in [5, 5.41) is 0. The molecule has 3 heteroatoms. The predicted molar refractivity (Wildman–Crippen MR) is 56.7 cm³/mol. The van der Waals surface area contributed by atoms with E-state index in [2.05, 4.69) is 4.98 Å². The molecule has 15 heavy (non-hydrogen) atoms. The second kappa shape index (κ2) is 4.19. The number of hydrogen-bond donors (Lipinski definition) is 1. The van der Waals surface area contributed by atoms with Gasteiger partial charge in [0.05, 0.1) is 12.2 Å². The average Bonchev–Trinajstić information content (AvgIpc) is 2.30. The van der Waals surface area contributed by atoms with E-state index in [1.807, 2.05) is 30.3 Å². The Morgan fingerprint density at radius 3 is 2.53 bits per heavy atom. The molecule has 1 atom stereocenters. The molecule has 0 amide bonds. The van der Waals surface area contributed by atoms with Crippen LogP contribution in [-0.2, 0) is 0 Å². The van der Waals surface area contributed by atoms with Crippen LogP contribution in [0, 0.1) is 5.82 Å². The van der Waals surface area contributed by atoms with Crippen LogP contribution >= 0.6 is 0 Å². The molecule has 0 spiro atoms. The molecule has 0 saturated carbocycles. The van der Waals surface area contributed by atoms with E-state index in [4.69, 9.17) is 5.73 Å². The molecule has 1 aromatic carbocycles. The van der Waals surface area contributed by atoms with Gasteiger partial charge in [-0.25, -0.2) is 4.39 Å². The monoisotopic (exact) mass is 202 g/mol. The Hall–Kier alpha value is -1.74. The second-order valence-electron chi connectivity index (χ2n) is 3.29. The molecule has 1 aromatic heterocycles. The van der Waals surface area contributed by atoms with Gasteiger partial charge < -0.3 is 5.73 Å². The van der Waals surface area contributed by atoms with E-state index in [-0.39, 0.29) is 5.82 Å². The van der Waals surface area contributed by atoms with Gasteiger partial charge in [0, 0.05) is 11.8 Å². The van der Waals surface area contributed by atoms with Crippen LogP contribution in [0.25, 0.3) is 0 Å². The normalized spacial score (nSPS) is 12.4. The van der Waals surface area contributed by atoms with Crippen LogP contribution < -0.4 is 5.73 Å². The maximum Gasteiger partial charge on any atom is 0.146 e. The van der Waals surface area contributed by atoms with Gasteiger partial charge in [-0.3, -0.25) is 4.98 Å². The Morgan fingerprint density at radius 1 is 1.13 bits per heavy atom. The van der Waals surface area contributed by atoms with Crippen molar-refractivity contribution in [3.8, 4) is 0 Å². The largest absolute Gasteiger partial charge is 0.320 e. The Kier molecular flexibility index (Phi) is 2.74. The van der Waals surface area contributed by atoms with E-state index in [1.165, 1.54) is 6.20 Å². The summed E-state index contributed by atoms with van der Waals surface area (Å²) >= 11 is 0. The molecule has 0 aliphatic carbocycles. The van der Waals surface area contributed by atoms with Crippen molar-refractivity contribution in [3.05, 3.63) is 65.7 Å². The number of aromatic nitrogens is 1. The number of nitrogens with two attached hydrogens (primary N) is 1. The SMILES string of the molecule is NC(c1ccccc1)c1ccncc1F. The Balaban J connectivity index is 2.37. The lowest BCUT2D eigenvalue weighted by molar-refractivity contribution is 0.593. The van der Waals surface area contributed by atoms with Gasteiger partial charge in [-0.1, -0.05) is 30.3 Å². The van der Waals surface area contributed by atoms with Crippen LogP contribution in [0.5, 0.6) is 0 Å². The highest BCUT2D eigenvalue weighted by Gasteiger charge is 2.12. The molecule has 2 nitrogen and oxygen atoms in total. The Morgan fingerprint density at radius 2 is 1.87 bits per heavy atom. The average molecular weight is 202 g/mol. The predicted octanol–water partition coefficient (Wildman–Crippen LogP) is 2.27. The fourth-order valence-electron chi connectivity index (χ4n) is 1.48. The minimum atomic E-state index is -0.436. The number of nitrogens with zero attached hydrogens (tertiary/aromatic N) is 1. The molecule has 1 heterocycles. The molecule has 0 radical (unpaired) electrons. The summed E-state index contributed by atoms with van der Waals surface area (Å²) in [7, 11) is 0. The lowest BCUT2D eigenvalue weighted by Crippen LogP contribution is -2.13. The Labute approximate surface area is 87.6 Å². The van der Waals surface area contributed by atoms with Crippen LogP contribution in [0.1, 0.15) is 17.2 Å². The molecule has 2 aromatic rings. The van der Waals surface area contributed by atoms with E-state index < -0.39 is 6.04 Å². The standard InChI is InChI=1S/C12H11FN2/c13-11-8-15-7-6-10(11)12(14)9-4-2-1-3-5-9/h1-8,12H,14H2. The third kappa shape index (κ3) is 2.02. The first-order valence-corrected chi connectivity index (χ1v) is 4.69. The molecule has 2 rings (SSSR count). The highest BCUT2D eigenvalue weighted by atomic mass is 19.1. The first-order chi connectivity index (χ1) is 7.29. The van der Waals surface area contributed by atoms with Crippen LogP contribution in [-0.4, -0.2) is 4.98 Å². The third-order valence-electron chi connectivity index (χ3n) is 2.30. The maximum atomic E-state index is 13.4. The minimum absolute atomic E-state index is 0.367. The molecule has 0 aliphatic heterocycles. The molecule has 0 aliphatic rings. The van der Waals surface area contributed by atoms with Crippen LogP contribution in [0.4, 0.5) is 4.39 Å². The summed E-state index contributed by atoms with van der Waals surface area (Å²) < 4.78 is 13.4. The van der Waals surface area contributed by atoms with E-state index in [0.717, 1.165) is 5.56 Å². The lowest BCUT2D eigenvalue weighted by Gasteiger charge is -2.12. The Bertz CT molecular complexity index is 442. The van der Waals surface area contributed by atoms with Crippen molar-refractivity contribution in [1.29, 1.82) is 0 Å². The highest BCUT2D eigenvalue weighted by molar-refractivity contribution is 5.30. The molecule has 2 N–H and O–H groups in total. The third-order valence-corrected chi connectivity index (χ3v) is 2.30. The van der Waals surface area contributed by atoms with Gasteiger partial charge in [0.1, 0.15) is 5.82 Å². The molecule has 1 unspecified atom stereocenters. The maximum absolute atomic E-state index is 13.4. The molecular formula is C12H11FN2. The van der Waals surface area contributed by atoms with Gasteiger partial charge in [0.15, 0.2) is 0 Å². The number of pyridine rings is 1. The zero-order valence-corrected chi connectivity index (χ0v) is 8.10. The molecular weight excluding hydrogens is 191 g/mol. The van der Waals surface area contributed by atoms with Gasteiger partial charge in [-0.05, 0) is 11.6 Å². The van der Waals surface area contributed by atoms with E-state index in [0.29, 0.717) is 5.56 Å². The summed E-state index contributed by atoms with van der Waals surface area (Å²) in [6.45, 7) is 0. The van der Waals surface area contributed by atoms with Gasteiger partial charge >= 0.3 is 0 Å². The zero-order valence-electron chi connectivity index (χ0n) is 8.10. The number of halogens is 1. The highest BCUT2D eigenvalue weighted by Crippen LogP contribution is 2.20. The lowest BCUT2D eigenvalue weighted by atomic mass is 10.0. The van der Waals surface area contributed by atoms with Crippen molar-refractivity contribution in [1.82, 2.24) is 4.98 Å². The van der Waals surface area contributed by atoms with Gasteiger partial charge in [-0.15, -0.1) is 0 Å². The van der Waals surface area contributed by atoms with Crippen molar-refractivity contribution in [3.63, 3.8) is 0 Å². The second-order valence-corrected chi connectivity index (χ2v) is 3.29. The molecule has 0 fully saturated rings. The quantitative estimate of drug-likeness (QED) is 0.811. The van der Waals surface area contributed by atoms with Gasteiger partial charge in [0.2, 0.25) is 0 Å². The summed E-state index contributed by atoms with van der Waals surface area (Å²) in [6, 6.07) is 10.6. The van der Waals surface area contributed by atoms with E-state index >= 15 is 0 Å². The number of rotatable bonds is 2. The fourth-order valence-corrected chi connectivity index (χ4v) is 1.48. The zero-order chi connectivity index (χ0) is 10.7. The van der Waals surface area contributed by atoms with E-state index in [1.54, 1.807) is 12.3 Å². The van der Waals surface area contributed by atoms with Crippen molar-refractivity contribution < 1.29 is 4.39 Å².